The van der Waals surface area contributed by atoms with E-state index < -0.39 is 0 Å². The van der Waals surface area contributed by atoms with E-state index in [1.807, 2.05) is 24.3 Å². The van der Waals surface area contributed by atoms with Gasteiger partial charge in [0.25, 0.3) is 0 Å². The van der Waals surface area contributed by atoms with Crippen LogP contribution in [0, 0.1) is 0 Å². The number of rotatable bonds is 3. The molecule has 3 heteroatoms. The minimum Gasteiger partial charge on any atom is -0.455 e. The molecule has 0 spiro atoms. The average molecular weight is 599 g/mol. The molecule has 0 N–H and O–H groups in total. The molecule has 2 aromatic heterocycles. The second-order valence-electron chi connectivity index (χ2n) is 12.1. The van der Waals surface area contributed by atoms with Gasteiger partial charge in [0.05, 0.1) is 11.2 Å². The SMILES string of the molecule is c1ccc(-c2nc(-c3ccc(-c4cc5c6ccccc6c6ccccc6c5c5oc6ccccc6c45)cc3)nc3ccccc23)cc1. The smallest absolute Gasteiger partial charge is 0.160 e. The van der Waals surface area contributed by atoms with Crippen molar-refractivity contribution in [3.63, 3.8) is 0 Å². The highest BCUT2D eigenvalue weighted by atomic mass is 16.3. The van der Waals surface area contributed by atoms with Gasteiger partial charge in [-0.2, -0.15) is 0 Å². The van der Waals surface area contributed by atoms with Gasteiger partial charge in [-0.1, -0.05) is 140 Å². The lowest BCUT2D eigenvalue weighted by Crippen LogP contribution is -1.95. The van der Waals surface area contributed by atoms with E-state index in [4.69, 9.17) is 14.4 Å². The van der Waals surface area contributed by atoms with Gasteiger partial charge >= 0.3 is 0 Å². The van der Waals surface area contributed by atoms with Crippen molar-refractivity contribution in [2.45, 2.75) is 0 Å². The van der Waals surface area contributed by atoms with Gasteiger partial charge < -0.3 is 4.42 Å². The molecule has 47 heavy (non-hydrogen) atoms. The van der Waals surface area contributed by atoms with Crippen molar-refractivity contribution < 1.29 is 4.42 Å². The number of aromatic nitrogens is 2. The quantitative estimate of drug-likeness (QED) is 0.190. The van der Waals surface area contributed by atoms with Crippen LogP contribution < -0.4 is 0 Å². The van der Waals surface area contributed by atoms with Crippen molar-refractivity contribution in [2.75, 3.05) is 0 Å². The van der Waals surface area contributed by atoms with Crippen LogP contribution in [0.1, 0.15) is 0 Å². The molecule has 0 amide bonds. The molecule has 0 aliphatic heterocycles. The third-order valence-electron chi connectivity index (χ3n) is 9.46. The molecule has 2 heterocycles. The Kier molecular flexibility index (Phi) is 5.57. The lowest BCUT2D eigenvalue weighted by molar-refractivity contribution is 0.673. The summed E-state index contributed by atoms with van der Waals surface area (Å²) in [5.41, 5.74) is 8.01. The first-order valence-electron chi connectivity index (χ1n) is 15.9. The van der Waals surface area contributed by atoms with Crippen molar-refractivity contribution in [1.29, 1.82) is 0 Å². The van der Waals surface area contributed by atoms with Crippen molar-refractivity contribution in [3.8, 4) is 33.8 Å². The van der Waals surface area contributed by atoms with Crippen molar-refractivity contribution in [1.82, 2.24) is 9.97 Å². The fourth-order valence-electron chi connectivity index (χ4n) is 7.32. The Balaban J connectivity index is 1.23. The van der Waals surface area contributed by atoms with E-state index in [9.17, 15) is 0 Å². The highest BCUT2D eigenvalue weighted by Crippen LogP contribution is 2.46. The Morgan fingerprint density at radius 2 is 0.957 bits per heavy atom. The van der Waals surface area contributed by atoms with Crippen molar-refractivity contribution >= 4 is 65.2 Å². The monoisotopic (exact) mass is 598 g/mol. The highest BCUT2D eigenvalue weighted by molar-refractivity contribution is 6.34. The van der Waals surface area contributed by atoms with Crippen LogP contribution in [-0.4, -0.2) is 9.97 Å². The second kappa shape index (κ2) is 10.1. The Morgan fingerprint density at radius 3 is 1.72 bits per heavy atom. The molecule has 0 saturated heterocycles. The molecule has 0 radical (unpaired) electrons. The highest BCUT2D eigenvalue weighted by Gasteiger charge is 2.20. The molecule has 0 aliphatic rings. The lowest BCUT2D eigenvalue weighted by Gasteiger charge is -2.14. The fraction of sp³-hybridized carbons (Fsp3) is 0. The van der Waals surface area contributed by atoms with E-state index in [1.54, 1.807) is 0 Å². The number of nitrogens with zero attached hydrogens (tertiary/aromatic N) is 2. The van der Waals surface area contributed by atoms with Crippen LogP contribution in [0.15, 0.2) is 162 Å². The predicted octanol–water partition coefficient (Wildman–Crippen LogP) is 12.0. The van der Waals surface area contributed by atoms with Crippen LogP contribution in [0.25, 0.3) is 98.9 Å². The van der Waals surface area contributed by atoms with E-state index in [0.29, 0.717) is 5.82 Å². The van der Waals surface area contributed by atoms with E-state index in [1.165, 1.54) is 26.9 Å². The molecule has 0 aliphatic carbocycles. The van der Waals surface area contributed by atoms with Crippen molar-refractivity contribution in [2.24, 2.45) is 0 Å². The molecule has 0 fully saturated rings. The summed E-state index contributed by atoms with van der Waals surface area (Å²) in [6.07, 6.45) is 0. The molecule has 0 saturated carbocycles. The van der Waals surface area contributed by atoms with Crippen LogP contribution >= 0.6 is 0 Å². The molecule has 8 aromatic carbocycles. The van der Waals surface area contributed by atoms with Gasteiger partial charge in [0.1, 0.15) is 11.2 Å². The van der Waals surface area contributed by atoms with E-state index in [-0.39, 0.29) is 0 Å². The standard InChI is InChI=1S/C44H26N2O/c1-2-12-28(13-3-1)42-34-18-8-10-20-38(34)45-44(46-42)29-24-22-27(23-25-29)36-26-37-32-16-5-4-14-30(32)31-15-6-7-17-33(31)40(37)43-41(36)35-19-9-11-21-39(35)47-43/h1-26H. The first kappa shape index (κ1) is 26.0. The summed E-state index contributed by atoms with van der Waals surface area (Å²) in [6, 6.07) is 55.4. The van der Waals surface area contributed by atoms with Crippen LogP contribution in [0.3, 0.4) is 0 Å². The molecule has 10 aromatic rings. The number of hydrogen-bond donors (Lipinski definition) is 0. The van der Waals surface area contributed by atoms with Crippen LogP contribution in [-0.2, 0) is 0 Å². The molecule has 218 valence electrons. The minimum atomic E-state index is 0.712. The Morgan fingerprint density at radius 1 is 0.383 bits per heavy atom. The van der Waals surface area contributed by atoms with Crippen LogP contribution in [0.5, 0.6) is 0 Å². The summed E-state index contributed by atoms with van der Waals surface area (Å²) in [5, 5.41) is 10.5. The third-order valence-corrected chi connectivity index (χ3v) is 9.46. The van der Waals surface area contributed by atoms with E-state index in [2.05, 4.69) is 133 Å². The molecular formula is C44H26N2O. The first-order valence-corrected chi connectivity index (χ1v) is 15.9. The second-order valence-corrected chi connectivity index (χ2v) is 12.1. The summed E-state index contributed by atoms with van der Waals surface area (Å²) in [7, 11) is 0. The first-order chi connectivity index (χ1) is 23.3. The van der Waals surface area contributed by atoms with Gasteiger partial charge in [0, 0.05) is 32.7 Å². The van der Waals surface area contributed by atoms with Crippen LogP contribution in [0.2, 0.25) is 0 Å². The molecular weight excluding hydrogens is 572 g/mol. The number of hydrogen-bond acceptors (Lipinski definition) is 3. The Hall–Kier alpha value is -6.32. The molecule has 0 bridgehead atoms. The number of furan rings is 1. The summed E-state index contributed by atoms with van der Waals surface area (Å²) in [6.45, 7) is 0. The lowest BCUT2D eigenvalue weighted by atomic mass is 9.89. The minimum absolute atomic E-state index is 0.712. The topological polar surface area (TPSA) is 38.9 Å². The average Bonchev–Trinajstić information content (AvgIpc) is 3.54. The van der Waals surface area contributed by atoms with Gasteiger partial charge in [0.2, 0.25) is 0 Å². The summed E-state index contributed by atoms with van der Waals surface area (Å²) < 4.78 is 6.75. The van der Waals surface area contributed by atoms with Gasteiger partial charge in [-0.15, -0.1) is 0 Å². The number of fused-ring (bicyclic) bond motifs is 11. The maximum Gasteiger partial charge on any atom is 0.160 e. The molecule has 10 rings (SSSR count). The molecule has 3 nitrogen and oxygen atoms in total. The Bertz CT molecular complexity index is 2830. The zero-order valence-electron chi connectivity index (χ0n) is 25.3. The van der Waals surface area contributed by atoms with Gasteiger partial charge in [-0.25, -0.2) is 9.97 Å². The normalized spacial score (nSPS) is 11.8. The maximum atomic E-state index is 6.75. The van der Waals surface area contributed by atoms with Gasteiger partial charge in [-0.05, 0) is 56.3 Å². The zero-order valence-corrected chi connectivity index (χ0v) is 25.3. The van der Waals surface area contributed by atoms with Crippen molar-refractivity contribution in [3.05, 3.63) is 158 Å². The molecule has 0 atom stereocenters. The zero-order chi connectivity index (χ0) is 30.9. The summed E-state index contributed by atoms with van der Waals surface area (Å²) in [5.74, 6) is 0.712. The third kappa shape index (κ3) is 3.93. The fourth-order valence-corrected chi connectivity index (χ4v) is 7.32. The van der Waals surface area contributed by atoms with Gasteiger partial charge in [-0.3, -0.25) is 0 Å². The predicted molar refractivity (Wildman–Crippen MR) is 196 cm³/mol. The number of para-hydroxylation sites is 2. The molecule has 0 unspecified atom stereocenters. The van der Waals surface area contributed by atoms with Crippen LogP contribution in [0.4, 0.5) is 0 Å². The maximum absolute atomic E-state index is 6.75. The Labute approximate surface area is 270 Å². The summed E-state index contributed by atoms with van der Waals surface area (Å²) >= 11 is 0. The van der Waals surface area contributed by atoms with E-state index >= 15 is 0 Å². The van der Waals surface area contributed by atoms with E-state index in [0.717, 1.165) is 66.2 Å². The largest absolute Gasteiger partial charge is 0.455 e. The summed E-state index contributed by atoms with van der Waals surface area (Å²) in [4.78, 5) is 10.1. The van der Waals surface area contributed by atoms with Gasteiger partial charge in [0.15, 0.2) is 5.82 Å². The number of benzene rings is 8.